The SMILES string of the molecule is O=C(NNC(=O)c1cc(Cl)sc1Cl)c1ccc(-n2cnnn2)cc1. The highest BCUT2D eigenvalue weighted by molar-refractivity contribution is 7.20. The van der Waals surface area contributed by atoms with Gasteiger partial charge in [-0.25, -0.2) is 4.68 Å². The van der Waals surface area contributed by atoms with Crippen LogP contribution in [-0.4, -0.2) is 32.0 Å². The lowest BCUT2D eigenvalue weighted by Crippen LogP contribution is -2.41. The number of benzene rings is 1. The van der Waals surface area contributed by atoms with Gasteiger partial charge in [-0.15, -0.1) is 16.4 Å². The minimum atomic E-state index is -0.554. The first-order chi connectivity index (χ1) is 11.5. The van der Waals surface area contributed by atoms with Crippen molar-refractivity contribution in [3.05, 3.63) is 56.5 Å². The summed E-state index contributed by atoms with van der Waals surface area (Å²) < 4.78 is 2.08. The van der Waals surface area contributed by atoms with Crippen molar-refractivity contribution in [1.82, 2.24) is 31.1 Å². The maximum Gasteiger partial charge on any atom is 0.272 e. The van der Waals surface area contributed by atoms with Gasteiger partial charge in [-0.2, -0.15) is 0 Å². The molecule has 0 atom stereocenters. The van der Waals surface area contributed by atoms with Crippen molar-refractivity contribution in [2.45, 2.75) is 0 Å². The smallest absolute Gasteiger partial charge is 0.267 e. The van der Waals surface area contributed by atoms with E-state index in [1.165, 1.54) is 17.1 Å². The Hall–Kier alpha value is -2.49. The summed E-state index contributed by atoms with van der Waals surface area (Å²) in [5.74, 6) is -1.04. The highest BCUT2D eigenvalue weighted by Gasteiger charge is 2.15. The number of halogens is 2. The van der Waals surface area contributed by atoms with Crippen LogP contribution in [0, 0.1) is 0 Å². The van der Waals surface area contributed by atoms with E-state index in [0.29, 0.717) is 15.6 Å². The van der Waals surface area contributed by atoms with Crippen molar-refractivity contribution in [3.63, 3.8) is 0 Å². The standard InChI is InChI=1S/C13H8Cl2N6O2S/c14-10-5-9(11(15)24-10)13(23)18-17-12(22)7-1-3-8(4-2-7)21-6-16-19-20-21/h1-6H,(H,17,22)(H,18,23). The van der Waals surface area contributed by atoms with Crippen LogP contribution in [0.1, 0.15) is 20.7 Å². The Balaban J connectivity index is 1.63. The lowest BCUT2D eigenvalue weighted by Gasteiger charge is -2.07. The van der Waals surface area contributed by atoms with Gasteiger partial charge in [0.05, 0.1) is 15.6 Å². The molecule has 0 saturated heterocycles. The molecule has 11 heteroatoms. The molecule has 122 valence electrons. The number of tetrazole rings is 1. The van der Waals surface area contributed by atoms with Gasteiger partial charge in [-0.3, -0.25) is 20.4 Å². The lowest BCUT2D eigenvalue weighted by atomic mass is 10.2. The van der Waals surface area contributed by atoms with Gasteiger partial charge in [0.1, 0.15) is 10.7 Å². The number of hydrogen-bond donors (Lipinski definition) is 2. The number of aromatic nitrogens is 4. The zero-order chi connectivity index (χ0) is 17.1. The van der Waals surface area contributed by atoms with Crippen LogP contribution in [0.3, 0.4) is 0 Å². The third-order valence-corrected chi connectivity index (χ3v) is 4.42. The van der Waals surface area contributed by atoms with Crippen LogP contribution < -0.4 is 10.9 Å². The first-order valence-corrected chi connectivity index (χ1v) is 8.01. The molecular weight excluding hydrogens is 375 g/mol. The van der Waals surface area contributed by atoms with E-state index < -0.39 is 11.8 Å². The van der Waals surface area contributed by atoms with E-state index in [0.717, 1.165) is 11.3 Å². The molecule has 0 fully saturated rings. The predicted molar refractivity (Wildman–Crippen MR) is 88.4 cm³/mol. The number of carbonyl (C=O) groups is 2. The summed E-state index contributed by atoms with van der Waals surface area (Å²) in [7, 11) is 0. The van der Waals surface area contributed by atoms with Crippen molar-refractivity contribution in [2.24, 2.45) is 0 Å². The Morgan fingerprint density at radius 3 is 2.38 bits per heavy atom. The average molecular weight is 383 g/mol. The van der Waals surface area contributed by atoms with E-state index in [-0.39, 0.29) is 9.90 Å². The third kappa shape index (κ3) is 3.53. The molecule has 0 bridgehead atoms. The van der Waals surface area contributed by atoms with E-state index in [1.54, 1.807) is 24.3 Å². The Bertz CT molecular complexity index is 879. The molecule has 3 aromatic rings. The molecule has 0 unspecified atom stereocenters. The van der Waals surface area contributed by atoms with Crippen molar-refractivity contribution in [2.75, 3.05) is 0 Å². The van der Waals surface area contributed by atoms with Crippen molar-refractivity contribution >= 4 is 46.4 Å². The van der Waals surface area contributed by atoms with Crippen LogP contribution in [0.4, 0.5) is 0 Å². The Kier molecular flexibility index (Phi) is 4.74. The molecule has 2 amide bonds. The van der Waals surface area contributed by atoms with Crippen molar-refractivity contribution in [1.29, 1.82) is 0 Å². The number of nitrogens with zero attached hydrogens (tertiary/aromatic N) is 4. The minimum Gasteiger partial charge on any atom is -0.267 e. The number of hydrazine groups is 1. The van der Waals surface area contributed by atoms with Gasteiger partial charge < -0.3 is 0 Å². The number of amides is 2. The minimum absolute atomic E-state index is 0.195. The first-order valence-electron chi connectivity index (χ1n) is 6.43. The molecule has 0 aliphatic carbocycles. The van der Waals surface area contributed by atoms with E-state index in [1.807, 2.05) is 0 Å². The summed E-state index contributed by atoms with van der Waals surface area (Å²) in [6.07, 6.45) is 1.44. The Morgan fingerprint density at radius 2 is 1.79 bits per heavy atom. The molecule has 1 aromatic carbocycles. The van der Waals surface area contributed by atoms with Gasteiger partial charge in [0, 0.05) is 5.56 Å². The molecule has 0 radical (unpaired) electrons. The van der Waals surface area contributed by atoms with Gasteiger partial charge in [0.15, 0.2) is 0 Å². The topological polar surface area (TPSA) is 102 Å². The molecule has 8 nitrogen and oxygen atoms in total. The molecule has 2 aromatic heterocycles. The fourth-order valence-electron chi connectivity index (χ4n) is 1.79. The zero-order valence-corrected chi connectivity index (χ0v) is 14.1. The summed E-state index contributed by atoms with van der Waals surface area (Å²) in [5, 5.41) is 10.8. The fraction of sp³-hybridized carbons (Fsp3) is 0. The first kappa shape index (κ1) is 16.4. The van der Waals surface area contributed by atoms with Crippen molar-refractivity contribution in [3.8, 4) is 5.69 Å². The average Bonchev–Trinajstić information content (AvgIpc) is 3.22. The van der Waals surface area contributed by atoms with Crippen LogP contribution in [0.15, 0.2) is 36.7 Å². The maximum atomic E-state index is 12.0. The highest BCUT2D eigenvalue weighted by atomic mass is 35.5. The molecule has 3 rings (SSSR count). The second-order valence-corrected chi connectivity index (χ2v) is 6.73. The van der Waals surface area contributed by atoms with Crippen molar-refractivity contribution < 1.29 is 9.59 Å². The molecule has 0 aliphatic rings. The van der Waals surface area contributed by atoms with Gasteiger partial charge in [-0.05, 0) is 40.8 Å². The van der Waals surface area contributed by atoms with Gasteiger partial charge in [0.25, 0.3) is 11.8 Å². The Labute approximate surface area is 149 Å². The van der Waals surface area contributed by atoms with Crippen LogP contribution in [-0.2, 0) is 0 Å². The summed E-state index contributed by atoms with van der Waals surface area (Å²) in [5.41, 5.74) is 5.83. The second kappa shape index (κ2) is 6.95. The van der Waals surface area contributed by atoms with Crippen LogP contribution in [0.5, 0.6) is 0 Å². The molecule has 0 saturated carbocycles. The van der Waals surface area contributed by atoms with Gasteiger partial charge in [-0.1, -0.05) is 23.2 Å². The summed E-state index contributed by atoms with van der Waals surface area (Å²) in [6.45, 7) is 0. The molecule has 24 heavy (non-hydrogen) atoms. The molecule has 0 aliphatic heterocycles. The van der Waals surface area contributed by atoms with E-state index in [2.05, 4.69) is 26.4 Å². The summed E-state index contributed by atoms with van der Waals surface area (Å²) >= 11 is 12.7. The maximum absolute atomic E-state index is 12.0. The van der Waals surface area contributed by atoms with E-state index >= 15 is 0 Å². The number of thiophene rings is 1. The summed E-state index contributed by atoms with van der Waals surface area (Å²) in [4.78, 5) is 24.0. The monoisotopic (exact) mass is 382 g/mol. The normalized spacial score (nSPS) is 10.4. The van der Waals surface area contributed by atoms with E-state index in [4.69, 9.17) is 23.2 Å². The number of rotatable bonds is 3. The molecular formula is C13H8Cl2N6O2S. The fourth-order valence-corrected chi connectivity index (χ4v) is 3.25. The largest absolute Gasteiger partial charge is 0.272 e. The van der Waals surface area contributed by atoms with Gasteiger partial charge >= 0.3 is 0 Å². The molecule has 2 N–H and O–H groups in total. The Morgan fingerprint density at radius 1 is 1.08 bits per heavy atom. The zero-order valence-electron chi connectivity index (χ0n) is 11.7. The molecule has 0 spiro atoms. The van der Waals surface area contributed by atoms with Crippen LogP contribution in [0.25, 0.3) is 5.69 Å². The molecule has 2 heterocycles. The van der Waals surface area contributed by atoms with Gasteiger partial charge in [0.2, 0.25) is 0 Å². The predicted octanol–water partition coefficient (Wildman–Crippen LogP) is 2.11. The number of hydrogen-bond acceptors (Lipinski definition) is 6. The quantitative estimate of drug-likeness (QED) is 0.675. The second-order valence-electron chi connectivity index (χ2n) is 4.45. The number of nitrogens with one attached hydrogen (secondary N) is 2. The number of carbonyl (C=O) groups excluding carboxylic acids is 2. The third-order valence-electron chi connectivity index (χ3n) is 2.93. The lowest BCUT2D eigenvalue weighted by molar-refractivity contribution is 0.0847. The van der Waals surface area contributed by atoms with E-state index in [9.17, 15) is 9.59 Å². The van der Waals surface area contributed by atoms with Crippen LogP contribution >= 0.6 is 34.5 Å². The summed E-state index contributed by atoms with van der Waals surface area (Å²) in [6, 6.07) is 7.92. The van der Waals surface area contributed by atoms with Crippen LogP contribution in [0.2, 0.25) is 8.67 Å². The highest BCUT2D eigenvalue weighted by Crippen LogP contribution is 2.30.